The molecule has 1 aromatic carbocycles. The first-order valence-electron chi connectivity index (χ1n) is 7.70. The zero-order valence-electron chi connectivity index (χ0n) is 14.1. The van der Waals surface area contributed by atoms with Crippen LogP contribution in [0.3, 0.4) is 0 Å². The molecule has 0 atom stereocenters. The van der Waals surface area contributed by atoms with Crippen molar-refractivity contribution < 1.29 is 4.79 Å². The lowest BCUT2D eigenvalue weighted by molar-refractivity contribution is 0.0790. The first kappa shape index (κ1) is 17.5. The third kappa shape index (κ3) is 5.76. The molecule has 1 N–H and O–H groups in total. The van der Waals surface area contributed by atoms with Crippen molar-refractivity contribution in [3.8, 4) is 0 Å². The van der Waals surface area contributed by atoms with Crippen LogP contribution in [0.15, 0.2) is 18.2 Å². The lowest BCUT2D eigenvalue weighted by atomic mass is 10.1. The molecule has 0 aliphatic carbocycles. The molecule has 0 spiro atoms. The Morgan fingerprint density at radius 1 is 1.19 bits per heavy atom. The van der Waals surface area contributed by atoms with E-state index in [4.69, 9.17) is 0 Å². The average molecular weight is 291 g/mol. The van der Waals surface area contributed by atoms with Gasteiger partial charge in [-0.25, -0.2) is 0 Å². The summed E-state index contributed by atoms with van der Waals surface area (Å²) in [5.74, 6) is 0.0962. The van der Waals surface area contributed by atoms with Crippen LogP contribution < -0.4 is 5.32 Å². The van der Waals surface area contributed by atoms with Gasteiger partial charge in [-0.2, -0.15) is 0 Å². The Hall–Kier alpha value is -1.55. The number of hydrogen-bond acceptors (Lipinski definition) is 3. The Morgan fingerprint density at radius 3 is 2.48 bits per heavy atom. The maximum absolute atomic E-state index is 12.4. The highest BCUT2D eigenvalue weighted by atomic mass is 16.2. The molecule has 0 fully saturated rings. The van der Waals surface area contributed by atoms with Crippen LogP contribution in [0.5, 0.6) is 0 Å². The zero-order chi connectivity index (χ0) is 15.8. The van der Waals surface area contributed by atoms with E-state index >= 15 is 0 Å². The number of carbonyl (C=O) groups excluding carboxylic acids is 1. The molecule has 4 heteroatoms. The number of anilines is 1. The summed E-state index contributed by atoms with van der Waals surface area (Å²) in [6, 6.07) is 5.89. The van der Waals surface area contributed by atoms with Crippen LogP contribution in [0, 0.1) is 6.92 Å². The molecular formula is C17H29N3O. The van der Waals surface area contributed by atoms with Gasteiger partial charge in [0.05, 0.1) is 0 Å². The van der Waals surface area contributed by atoms with Gasteiger partial charge < -0.3 is 15.1 Å². The standard InChI is InChI=1S/C17H29N3O/c1-6-10-18-16-9-8-15(13-14(16)2)17(21)20(5)12-7-11-19(3)4/h8-9,13,18H,6-7,10-12H2,1-5H3. The van der Waals surface area contributed by atoms with E-state index in [1.807, 2.05) is 46.3 Å². The van der Waals surface area contributed by atoms with Crippen molar-refractivity contribution in [2.45, 2.75) is 26.7 Å². The first-order chi connectivity index (χ1) is 9.95. The summed E-state index contributed by atoms with van der Waals surface area (Å²) in [7, 11) is 5.97. The number of rotatable bonds is 8. The van der Waals surface area contributed by atoms with Crippen molar-refractivity contribution in [1.29, 1.82) is 0 Å². The maximum atomic E-state index is 12.4. The van der Waals surface area contributed by atoms with Gasteiger partial charge in [0.1, 0.15) is 0 Å². The highest BCUT2D eigenvalue weighted by molar-refractivity contribution is 5.94. The predicted molar refractivity (Wildman–Crippen MR) is 90.1 cm³/mol. The van der Waals surface area contributed by atoms with E-state index in [1.54, 1.807) is 4.90 Å². The average Bonchev–Trinajstić information content (AvgIpc) is 2.44. The fraction of sp³-hybridized carbons (Fsp3) is 0.588. The molecule has 118 valence electrons. The fourth-order valence-electron chi connectivity index (χ4n) is 2.20. The van der Waals surface area contributed by atoms with Crippen molar-refractivity contribution in [3.63, 3.8) is 0 Å². The van der Waals surface area contributed by atoms with Crippen LogP contribution >= 0.6 is 0 Å². The second kappa shape index (κ2) is 8.67. The van der Waals surface area contributed by atoms with Gasteiger partial charge in [0, 0.05) is 31.4 Å². The molecule has 0 aromatic heterocycles. The Kier molecular flexibility index (Phi) is 7.23. The maximum Gasteiger partial charge on any atom is 0.253 e. The molecule has 0 radical (unpaired) electrons. The number of amides is 1. The molecule has 4 nitrogen and oxygen atoms in total. The first-order valence-corrected chi connectivity index (χ1v) is 7.70. The van der Waals surface area contributed by atoms with Crippen LogP contribution in [0.25, 0.3) is 0 Å². The van der Waals surface area contributed by atoms with Gasteiger partial charge in [0.2, 0.25) is 0 Å². The Labute approximate surface area is 129 Å². The molecule has 1 aromatic rings. The second-order valence-corrected chi connectivity index (χ2v) is 5.84. The lowest BCUT2D eigenvalue weighted by Crippen LogP contribution is -2.29. The van der Waals surface area contributed by atoms with Crippen molar-refractivity contribution in [3.05, 3.63) is 29.3 Å². The van der Waals surface area contributed by atoms with Crippen molar-refractivity contribution in [1.82, 2.24) is 9.80 Å². The molecule has 1 rings (SSSR count). The molecule has 0 saturated carbocycles. The Bertz CT molecular complexity index is 457. The topological polar surface area (TPSA) is 35.6 Å². The molecule has 0 unspecified atom stereocenters. The second-order valence-electron chi connectivity index (χ2n) is 5.84. The Morgan fingerprint density at radius 2 is 1.90 bits per heavy atom. The van der Waals surface area contributed by atoms with Gasteiger partial charge in [-0.15, -0.1) is 0 Å². The molecule has 0 bridgehead atoms. The molecule has 21 heavy (non-hydrogen) atoms. The minimum atomic E-state index is 0.0962. The zero-order valence-corrected chi connectivity index (χ0v) is 14.1. The minimum Gasteiger partial charge on any atom is -0.385 e. The van der Waals surface area contributed by atoms with Gasteiger partial charge >= 0.3 is 0 Å². The quantitative estimate of drug-likeness (QED) is 0.800. The van der Waals surface area contributed by atoms with Gasteiger partial charge in [0.15, 0.2) is 0 Å². The van der Waals surface area contributed by atoms with Crippen molar-refractivity contribution in [2.24, 2.45) is 0 Å². The summed E-state index contributed by atoms with van der Waals surface area (Å²) in [5, 5.41) is 3.37. The van der Waals surface area contributed by atoms with Crippen molar-refractivity contribution >= 4 is 11.6 Å². The summed E-state index contributed by atoms with van der Waals surface area (Å²) >= 11 is 0. The smallest absolute Gasteiger partial charge is 0.253 e. The normalized spacial score (nSPS) is 10.8. The highest BCUT2D eigenvalue weighted by Gasteiger charge is 2.12. The number of benzene rings is 1. The molecule has 0 aliphatic heterocycles. The molecule has 0 heterocycles. The monoisotopic (exact) mass is 291 g/mol. The lowest BCUT2D eigenvalue weighted by Gasteiger charge is -2.19. The number of nitrogens with one attached hydrogen (secondary N) is 1. The third-order valence-electron chi connectivity index (χ3n) is 3.48. The Balaban J connectivity index is 2.63. The van der Waals surface area contributed by atoms with Gasteiger partial charge in [-0.1, -0.05) is 6.92 Å². The van der Waals surface area contributed by atoms with E-state index in [2.05, 4.69) is 17.1 Å². The van der Waals surface area contributed by atoms with Crippen LogP contribution in [0.1, 0.15) is 35.7 Å². The van der Waals surface area contributed by atoms with E-state index < -0.39 is 0 Å². The van der Waals surface area contributed by atoms with E-state index in [0.717, 1.165) is 49.3 Å². The summed E-state index contributed by atoms with van der Waals surface area (Å²) < 4.78 is 0. The van der Waals surface area contributed by atoms with E-state index in [1.165, 1.54) is 0 Å². The minimum absolute atomic E-state index is 0.0962. The van der Waals surface area contributed by atoms with Crippen LogP contribution in [0.2, 0.25) is 0 Å². The van der Waals surface area contributed by atoms with Crippen molar-refractivity contribution in [2.75, 3.05) is 46.1 Å². The molecule has 1 amide bonds. The molecule has 0 saturated heterocycles. The van der Waals surface area contributed by atoms with E-state index in [0.29, 0.717) is 0 Å². The van der Waals surface area contributed by atoms with E-state index in [-0.39, 0.29) is 5.91 Å². The van der Waals surface area contributed by atoms with Crippen LogP contribution in [0.4, 0.5) is 5.69 Å². The summed E-state index contributed by atoms with van der Waals surface area (Å²) in [5.41, 5.74) is 3.00. The van der Waals surface area contributed by atoms with E-state index in [9.17, 15) is 4.79 Å². The summed E-state index contributed by atoms with van der Waals surface area (Å²) in [6.45, 7) is 6.92. The van der Waals surface area contributed by atoms with Gasteiger partial charge in [0.25, 0.3) is 5.91 Å². The number of nitrogens with zero attached hydrogens (tertiary/aromatic N) is 2. The third-order valence-corrected chi connectivity index (χ3v) is 3.48. The molecule has 0 aliphatic rings. The van der Waals surface area contributed by atoms with Crippen LogP contribution in [-0.4, -0.2) is 56.5 Å². The fourth-order valence-corrected chi connectivity index (χ4v) is 2.20. The molecular weight excluding hydrogens is 262 g/mol. The number of hydrogen-bond donors (Lipinski definition) is 1. The van der Waals surface area contributed by atoms with Crippen LogP contribution in [-0.2, 0) is 0 Å². The highest BCUT2D eigenvalue weighted by Crippen LogP contribution is 2.17. The van der Waals surface area contributed by atoms with Gasteiger partial charge in [-0.3, -0.25) is 4.79 Å². The number of carbonyl (C=O) groups is 1. The largest absolute Gasteiger partial charge is 0.385 e. The van der Waals surface area contributed by atoms with Gasteiger partial charge in [-0.05, 0) is 64.2 Å². The number of aryl methyl sites for hydroxylation is 1. The SMILES string of the molecule is CCCNc1ccc(C(=O)N(C)CCCN(C)C)cc1C. The summed E-state index contributed by atoms with van der Waals surface area (Å²) in [4.78, 5) is 16.3. The summed E-state index contributed by atoms with van der Waals surface area (Å²) in [6.07, 6.45) is 2.08. The predicted octanol–water partition coefficient (Wildman–Crippen LogP) is 2.84.